The quantitative estimate of drug-likeness (QED) is 0.681. The van der Waals surface area contributed by atoms with Gasteiger partial charge in [0.15, 0.2) is 0 Å². The summed E-state index contributed by atoms with van der Waals surface area (Å²) in [5, 5.41) is 0. The molecular weight excluding hydrogens is 274 g/mol. The number of methoxy groups -OCH3 is 1. The summed E-state index contributed by atoms with van der Waals surface area (Å²) in [5.74, 6) is 1.61. The van der Waals surface area contributed by atoms with Crippen LogP contribution in [0.5, 0.6) is 5.75 Å². The molecule has 1 saturated carbocycles. The molecule has 1 fully saturated rings. The van der Waals surface area contributed by atoms with Crippen LogP contribution in [-0.4, -0.2) is 30.7 Å². The summed E-state index contributed by atoms with van der Waals surface area (Å²) in [4.78, 5) is 2.66. The number of nitrogens with zero attached hydrogens (tertiary/aromatic N) is 1. The highest BCUT2D eigenvalue weighted by molar-refractivity contribution is 5.37. The highest BCUT2D eigenvalue weighted by Crippen LogP contribution is 2.32. The van der Waals surface area contributed by atoms with Gasteiger partial charge in [-0.1, -0.05) is 19.9 Å². The van der Waals surface area contributed by atoms with Crippen molar-refractivity contribution in [2.75, 3.05) is 13.7 Å². The van der Waals surface area contributed by atoms with Crippen molar-refractivity contribution in [3.05, 3.63) is 29.3 Å². The van der Waals surface area contributed by atoms with E-state index in [9.17, 15) is 0 Å². The molecule has 0 N–H and O–H groups in total. The standard InChI is InChI=1S/C19H31NO2/c1-6-22-13-17-11-16(7-10-19(17)21-5)12-20(18-8-9-18)15(4)14(2)3/h7,10-11,14-15,18H,6,8-9,12-13H2,1-5H3/t15-/m1/s1. The molecule has 1 aliphatic rings. The van der Waals surface area contributed by atoms with Crippen molar-refractivity contribution >= 4 is 0 Å². The first-order valence-corrected chi connectivity index (χ1v) is 8.56. The molecule has 0 radical (unpaired) electrons. The zero-order chi connectivity index (χ0) is 16.1. The highest BCUT2D eigenvalue weighted by atomic mass is 16.5. The Hall–Kier alpha value is -1.06. The van der Waals surface area contributed by atoms with E-state index in [2.05, 4.69) is 43.9 Å². The van der Waals surface area contributed by atoms with Crippen molar-refractivity contribution in [1.29, 1.82) is 0 Å². The van der Waals surface area contributed by atoms with Crippen LogP contribution in [-0.2, 0) is 17.9 Å². The van der Waals surface area contributed by atoms with Crippen LogP contribution >= 0.6 is 0 Å². The smallest absolute Gasteiger partial charge is 0.124 e. The summed E-state index contributed by atoms with van der Waals surface area (Å²) >= 11 is 0. The topological polar surface area (TPSA) is 21.7 Å². The maximum Gasteiger partial charge on any atom is 0.124 e. The fourth-order valence-electron chi connectivity index (χ4n) is 2.86. The van der Waals surface area contributed by atoms with Gasteiger partial charge < -0.3 is 9.47 Å². The van der Waals surface area contributed by atoms with Crippen molar-refractivity contribution in [2.24, 2.45) is 5.92 Å². The van der Waals surface area contributed by atoms with Crippen LogP contribution in [0.25, 0.3) is 0 Å². The second kappa shape index (κ2) is 7.98. The predicted molar refractivity (Wildman–Crippen MR) is 91.2 cm³/mol. The van der Waals surface area contributed by atoms with Crippen LogP contribution in [0.3, 0.4) is 0 Å². The summed E-state index contributed by atoms with van der Waals surface area (Å²) < 4.78 is 11.0. The van der Waals surface area contributed by atoms with Gasteiger partial charge in [0.2, 0.25) is 0 Å². The molecule has 0 saturated heterocycles. The molecule has 124 valence electrons. The third kappa shape index (κ3) is 4.47. The van der Waals surface area contributed by atoms with Crippen LogP contribution in [0.15, 0.2) is 18.2 Å². The summed E-state index contributed by atoms with van der Waals surface area (Å²) in [6.45, 7) is 11.4. The van der Waals surface area contributed by atoms with E-state index in [1.165, 1.54) is 18.4 Å². The number of benzene rings is 1. The van der Waals surface area contributed by atoms with Gasteiger partial charge in [-0.25, -0.2) is 0 Å². The lowest BCUT2D eigenvalue weighted by Gasteiger charge is -2.32. The van der Waals surface area contributed by atoms with Gasteiger partial charge in [-0.3, -0.25) is 4.90 Å². The first-order chi connectivity index (χ1) is 10.6. The molecule has 0 bridgehead atoms. The van der Waals surface area contributed by atoms with Gasteiger partial charge in [-0.15, -0.1) is 0 Å². The zero-order valence-electron chi connectivity index (χ0n) is 14.8. The van der Waals surface area contributed by atoms with Crippen LogP contribution in [0.4, 0.5) is 0 Å². The van der Waals surface area contributed by atoms with E-state index >= 15 is 0 Å². The maximum absolute atomic E-state index is 5.57. The summed E-state index contributed by atoms with van der Waals surface area (Å²) in [7, 11) is 1.72. The summed E-state index contributed by atoms with van der Waals surface area (Å²) in [6, 6.07) is 7.90. The number of ether oxygens (including phenoxy) is 2. The Balaban J connectivity index is 2.13. The third-order valence-electron chi connectivity index (χ3n) is 4.68. The Morgan fingerprint density at radius 1 is 1.23 bits per heavy atom. The largest absolute Gasteiger partial charge is 0.496 e. The van der Waals surface area contributed by atoms with E-state index in [1.54, 1.807) is 7.11 Å². The second-order valence-electron chi connectivity index (χ2n) is 6.67. The Morgan fingerprint density at radius 2 is 1.95 bits per heavy atom. The summed E-state index contributed by atoms with van der Waals surface area (Å²) in [5.41, 5.74) is 2.50. The van der Waals surface area contributed by atoms with E-state index in [0.29, 0.717) is 18.6 Å². The Kier molecular flexibility index (Phi) is 6.27. The lowest BCUT2D eigenvalue weighted by Crippen LogP contribution is -2.37. The monoisotopic (exact) mass is 305 g/mol. The molecule has 1 aliphatic carbocycles. The molecule has 0 spiro atoms. The zero-order valence-corrected chi connectivity index (χ0v) is 14.8. The minimum absolute atomic E-state index is 0.616. The molecule has 0 unspecified atom stereocenters. The van der Waals surface area contributed by atoms with Gasteiger partial charge in [-0.05, 0) is 50.3 Å². The molecule has 0 aromatic heterocycles. The van der Waals surface area contributed by atoms with Crippen molar-refractivity contribution < 1.29 is 9.47 Å². The molecule has 1 atom stereocenters. The van der Waals surface area contributed by atoms with E-state index in [-0.39, 0.29) is 0 Å². The molecule has 22 heavy (non-hydrogen) atoms. The highest BCUT2D eigenvalue weighted by Gasteiger charge is 2.33. The molecule has 3 heteroatoms. The summed E-state index contributed by atoms with van der Waals surface area (Å²) in [6.07, 6.45) is 2.69. The third-order valence-corrected chi connectivity index (χ3v) is 4.68. The lowest BCUT2D eigenvalue weighted by atomic mass is 10.0. The van der Waals surface area contributed by atoms with Crippen LogP contribution in [0.1, 0.15) is 51.7 Å². The van der Waals surface area contributed by atoms with Gasteiger partial charge in [0, 0.05) is 30.8 Å². The van der Waals surface area contributed by atoms with Gasteiger partial charge in [0.1, 0.15) is 5.75 Å². The van der Waals surface area contributed by atoms with Crippen LogP contribution in [0, 0.1) is 5.92 Å². The van der Waals surface area contributed by atoms with E-state index in [4.69, 9.17) is 9.47 Å². The van der Waals surface area contributed by atoms with E-state index in [0.717, 1.165) is 30.5 Å². The Bertz CT molecular complexity index is 469. The van der Waals surface area contributed by atoms with Crippen molar-refractivity contribution in [2.45, 2.75) is 65.8 Å². The lowest BCUT2D eigenvalue weighted by molar-refractivity contribution is 0.131. The van der Waals surface area contributed by atoms with Gasteiger partial charge in [0.25, 0.3) is 0 Å². The van der Waals surface area contributed by atoms with E-state index in [1.807, 2.05) is 6.92 Å². The first kappa shape index (κ1) is 17.3. The first-order valence-electron chi connectivity index (χ1n) is 8.56. The minimum atomic E-state index is 0.616. The average Bonchev–Trinajstić information content (AvgIpc) is 3.34. The Morgan fingerprint density at radius 3 is 2.50 bits per heavy atom. The molecular formula is C19H31NO2. The van der Waals surface area contributed by atoms with Crippen LogP contribution in [0.2, 0.25) is 0 Å². The average molecular weight is 305 g/mol. The van der Waals surface area contributed by atoms with Crippen molar-refractivity contribution in [1.82, 2.24) is 4.90 Å². The van der Waals surface area contributed by atoms with Crippen molar-refractivity contribution in [3.8, 4) is 5.75 Å². The van der Waals surface area contributed by atoms with E-state index < -0.39 is 0 Å². The van der Waals surface area contributed by atoms with Crippen molar-refractivity contribution in [3.63, 3.8) is 0 Å². The SMILES string of the molecule is CCOCc1cc(CN(C2CC2)[C@H](C)C(C)C)ccc1OC. The maximum atomic E-state index is 5.57. The molecule has 2 rings (SSSR count). The fourth-order valence-corrected chi connectivity index (χ4v) is 2.86. The molecule has 3 nitrogen and oxygen atoms in total. The number of hydrogen-bond donors (Lipinski definition) is 0. The van der Waals surface area contributed by atoms with Gasteiger partial charge in [-0.2, -0.15) is 0 Å². The number of rotatable bonds is 9. The molecule has 1 aromatic carbocycles. The van der Waals surface area contributed by atoms with Crippen LogP contribution < -0.4 is 4.74 Å². The normalized spacial score (nSPS) is 16.3. The fraction of sp³-hybridized carbons (Fsp3) is 0.684. The second-order valence-corrected chi connectivity index (χ2v) is 6.67. The number of hydrogen-bond acceptors (Lipinski definition) is 3. The van der Waals surface area contributed by atoms with Gasteiger partial charge in [0.05, 0.1) is 13.7 Å². The predicted octanol–water partition coefficient (Wildman–Crippen LogP) is 4.24. The Labute approximate surface area is 135 Å². The molecule has 0 heterocycles. The minimum Gasteiger partial charge on any atom is -0.496 e. The van der Waals surface area contributed by atoms with Gasteiger partial charge >= 0.3 is 0 Å². The molecule has 0 aliphatic heterocycles. The molecule has 1 aromatic rings. The molecule has 0 amide bonds.